The van der Waals surface area contributed by atoms with Crippen LogP contribution in [0.15, 0.2) is 75.9 Å². The third-order valence-electron chi connectivity index (χ3n) is 5.00. The number of amides is 1. The van der Waals surface area contributed by atoms with E-state index in [1.54, 1.807) is 36.4 Å². The fourth-order valence-electron chi connectivity index (χ4n) is 3.34. The van der Waals surface area contributed by atoms with Crippen molar-refractivity contribution in [1.29, 1.82) is 0 Å². The Morgan fingerprint density at radius 1 is 1.00 bits per heavy atom. The first-order valence-corrected chi connectivity index (χ1v) is 10.6. The predicted molar refractivity (Wildman–Crippen MR) is 128 cm³/mol. The zero-order valence-electron chi connectivity index (χ0n) is 18.0. The molecule has 6 nitrogen and oxygen atoms in total. The topological polar surface area (TPSA) is 85.6 Å². The Hall–Kier alpha value is -3.90. The van der Waals surface area contributed by atoms with Crippen molar-refractivity contribution in [2.45, 2.75) is 13.8 Å². The summed E-state index contributed by atoms with van der Waals surface area (Å²) in [5.41, 5.74) is 2.61. The van der Waals surface area contributed by atoms with Crippen molar-refractivity contribution in [2.75, 3.05) is 11.9 Å². The monoisotopic (exact) mass is 461 g/mol. The summed E-state index contributed by atoms with van der Waals surface area (Å²) in [4.78, 5) is 37.1. The molecule has 0 saturated heterocycles. The van der Waals surface area contributed by atoms with Gasteiger partial charge < -0.3 is 14.5 Å². The van der Waals surface area contributed by atoms with Crippen LogP contribution in [0.2, 0.25) is 5.02 Å². The summed E-state index contributed by atoms with van der Waals surface area (Å²) in [5.74, 6) is -0.352. The zero-order valence-corrected chi connectivity index (χ0v) is 18.7. The average molecular weight is 462 g/mol. The fourth-order valence-corrected chi connectivity index (χ4v) is 3.51. The second-order valence-electron chi connectivity index (χ2n) is 7.57. The molecule has 0 saturated carbocycles. The Labute approximate surface area is 194 Å². The minimum absolute atomic E-state index is 0.0585. The number of aryl methyl sites for hydroxylation is 1. The number of rotatable bonds is 6. The lowest BCUT2D eigenvalue weighted by Gasteiger charge is -2.12. The highest BCUT2D eigenvalue weighted by Gasteiger charge is 2.19. The normalized spacial score (nSPS) is 10.8. The lowest BCUT2D eigenvalue weighted by molar-refractivity contribution is -0.114. The van der Waals surface area contributed by atoms with Crippen molar-refractivity contribution >= 4 is 39.9 Å². The molecule has 0 radical (unpaired) electrons. The van der Waals surface area contributed by atoms with Crippen LogP contribution in [0.25, 0.3) is 22.3 Å². The van der Waals surface area contributed by atoms with Crippen LogP contribution in [0.3, 0.4) is 0 Å². The van der Waals surface area contributed by atoms with Crippen LogP contribution in [-0.4, -0.2) is 18.3 Å². The standard InChI is InChI=1S/C26H20ClNO5/c1-15-3-5-18(6-4-15)25-26(24(31)21-13-19(27)9-12-23(21)33-25)32-14-22(30)17-7-10-20(11-8-17)28-16(2)29/h3-13H,14H2,1-2H3,(H,28,29). The Kier molecular flexibility index (Phi) is 6.29. The molecule has 0 spiro atoms. The average Bonchev–Trinajstić information content (AvgIpc) is 2.79. The molecule has 0 aliphatic heterocycles. The first-order valence-electron chi connectivity index (χ1n) is 10.2. The number of ether oxygens (including phenoxy) is 1. The number of Topliss-reactive ketones (excluding diaryl/α,β-unsaturated/α-hetero) is 1. The van der Waals surface area contributed by atoms with Crippen LogP contribution < -0.4 is 15.5 Å². The van der Waals surface area contributed by atoms with Crippen LogP contribution in [0.5, 0.6) is 5.75 Å². The first kappa shape index (κ1) is 22.3. The van der Waals surface area contributed by atoms with E-state index in [1.807, 2.05) is 31.2 Å². The summed E-state index contributed by atoms with van der Waals surface area (Å²) in [7, 11) is 0. The molecule has 1 N–H and O–H groups in total. The molecule has 4 aromatic rings. The minimum atomic E-state index is -0.414. The van der Waals surface area contributed by atoms with Gasteiger partial charge in [-0.2, -0.15) is 0 Å². The number of fused-ring (bicyclic) bond motifs is 1. The summed E-state index contributed by atoms with van der Waals surface area (Å²) in [5, 5.41) is 3.29. The van der Waals surface area contributed by atoms with E-state index in [0.717, 1.165) is 5.56 Å². The Morgan fingerprint density at radius 3 is 2.36 bits per heavy atom. The van der Waals surface area contributed by atoms with E-state index in [2.05, 4.69) is 5.32 Å². The molecule has 0 fully saturated rings. The Balaban J connectivity index is 1.68. The molecule has 3 aromatic carbocycles. The van der Waals surface area contributed by atoms with Gasteiger partial charge in [-0.05, 0) is 49.4 Å². The molecule has 166 valence electrons. The van der Waals surface area contributed by atoms with Crippen LogP contribution >= 0.6 is 11.6 Å². The van der Waals surface area contributed by atoms with Crippen molar-refractivity contribution in [3.05, 3.63) is 93.1 Å². The highest BCUT2D eigenvalue weighted by Crippen LogP contribution is 2.32. The van der Waals surface area contributed by atoms with Crippen molar-refractivity contribution < 1.29 is 18.7 Å². The number of anilines is 1. The SMILES string of the molecule is CC(=O)Nc1ccc(C(=O)COc2c(-c3ccc(C)cc3)oc3ccc(Cl)cc3c2=O)cc1. The van der Waals surface area contributed by atoms with Gasteiger partial charge in [-0.3, -0.25) is 14.4 Å². The lowest BCUT2D eigenvalue weighted by Crippen LogP contribution is -2.17. The quantitative estimate of drug-likeness (QED) is 0.375. The molecule has 1 aromatic heterocycles. The number of ketones is 1. The fraction of sp³-hybridized carbons (Fsp3) is 0.115. The van der Waals surface area contributed by atoms with Gasteiger partial charge in [0.15, 0.2) is 18.2 Å². The van der Waals surface area contributed by atoms with Gasteiger partial charge in [-0.1, -0.05) is 41.4 Å². The van der Waals surface area contributed by atoms with E-state index in [4.69, 9.17) is 20.8 Å². The number of nitrogens with one attached hydrogen (secondary N) is 1. The smallest absolute Gasteiger partial charge is 0.235 e. The number of benzene rings is 3. The summed E-state index contributed by atoms with van der Waals surface area (Å²) in [6, 6.07) is 18.6. The van der Waals surface area contributed by atoms with E-state index < -0.39 is 5.43 Å². The summed E-state index contributed by atoms with van der Waals surface area (Å²) in [6.07, 6.45) is 0. The highest BCUT2D eigenvalue weighted by molar-refractivity contribution is 6.31. The summed E-state index contributed by atoms with van der Waals surface area (Å²) < 4.78 is 11.8. The molecule has 0 bridgehead atoms. The number of hydrogen-bond donors (Lipinski definition) is 1. The molecule has 7 heteroatoms. The van der Waals surface area contributed by atoms with Gasteiger partial charge in [0.2, 0.25) is 17.1 Å². The predicted octanol–water partition coefficient (Wildman–Crippen LogP) is 5.64. The molecule has 0 aliphatic carbocycles. The maximum atomic E-state index is 13.2. The van der Waals surface area contributed by atoms with Crippen LogP contribution in [0.1, 0.15) is 22.8 Å². The van der Waals surface area contributed by atoms with Crippen LogP contribution in [0.4, 0.5) is 5.69 Å². The third kappa shape index (κ3) is 4.96. The van der Waals surface area contributed by atoms with Gasteiger partial charge in [0.05, 0.1) is 5.39 Å². The molecule has 4 rings (SSSR count). The van der Waals surface area contributed by atoms with Crippen molar-refractivity contribution in [1.82, 2.24) is 0 Å². The van der Waals surface area contributed by atoms with E-state index in [0.29, 0.717) is 27.4 Å². The zero-order chi connectivity index (χ0) is 23.5. The lowest BCUT2D eigenvalue weighted by atomic mass is 10.1. The van der Waals surface area contributed by atoms with E-state index in [1.165, 1.54) is 13.0 Å². The maximum absolute atomic E-state index is 13.2. The molecule has 0 unspecified atom stereocenters. The largest absolute Gasteiger partial charge is 0.478 e. The number of carbonyl (C=O) groups excluding carboxylic acids is 2. The van der Waals surface area contributed by atoms with Crippen molar-refractivity contribution in [2.24, 2.45) is 0 Å². The highest BCUT2D eigenvalue weighted by atomic mass is 35.5. The molecule has 1 amide bonds. The summed E-state index contributed by atoms with van der Waals surface area (Å²) in [6.45, 7) is 2.99. The molecule has 33 heavy (non-hydrogen) atoms. The molecular weight excluding hydrogens is 442 g/mol. The maximum Gasteiger partial charge on any atom is 0.235 e. The first-order chi connectivity index (χ1) is 15.8. The van der Waals surface area contributed by atoms with E-state index >= 15 is 0 Å². The molecule has 1 heterocycles. The minimum Gasteiger partial charge on any atom is -0.478 e. The number of hydrogen-bond acceptors (Lipinski definition) is 5. The van der Waals surface area contributed by atoms with Crippen molar-refractivity contribution in [3.8, 4) is 17.1 Å². The third-order valence-corrected chi connectivity index (χ3v) is 5.23. The molecule has 0 atom stereocenters. The second kappa shape index (κ2) is 9.30. The van der Waals surface area contributed by atoms with Gasteiger partial charge in [0.25, 0.3) is 0 Å². The van der Waals surface area contributed by atoms with Crippen molar-refractivity contribution in [3.63, 3.8) is 0 Å². The molecule has 0 aliphatic rings. The number of halogens is 1. The van der Waals surface area contributed by atoms with E-state index in [-0.39, 0.29) is 35.2 Å². The summed E-state index contributed by atoms with van der Waals surface area (Å²) >= 11 is 6.07. The Bertz CT molecular complexity index is 1410. The van der Waals surface area contributed by atoms with Gasteiger partial charge in [0.1, 0.15) is 5.58 Å². The second-order valence-corrected chi connectivity index (χ2v) is 8.00. The van der Waals surface area contributed by atoms with Crippen LogP contribution in [0, 0.1) is 6.92 Å². The van der Waals surface area contributed by atoms with E-state index in [9.17, 15) is 14.4 Å². The number of carbonyl (C=O) groups is 2. The van der Waals surface area contributed by atoms with Gasteiger partial charge in [-0.15, -0.1) is 0 Å². The van der Waals surface area contributed by atoms with Crippen LogP contribution in [-0.2, 0) is 4.79 Å². The molecular formula is C26H20ClNO5. The Morgan fingerprint density at radius 2 is 1.70 bits per heavy atom. The van der Waals surface area contributed by atoms with Gasteiger partial charge in [-0.25, -0.2) is 0 Å². The van der Waals surface area contributed by atoms with Gasteiger partial charge >= 0.3 is 0 Å². The van der Waals surface area contributed by atoms with Gasteiger partial charge in [0, 0.05) is 28.8 Å².